The lowest BCUT2D eigenvalue weighted by Crippen LogP contribution is -2.32. The maximum Gasteiger partial charge on any atom is 0.224 e. The van der Waals surface area contributed by atoms with Gasteiger partial charge >= 0.3 is 0 Å². The molecule has 0 aliphatic carbocycles. The minimum absolute atomic E-state index is 0.213. The van der Waals surface area contributed by atoms with Gasteiger partial charge in [-0.3, -0.25) is 0 Å². The molecular formula is C25H22Cl2F3N5. The number of nitrogens with one attached hydrogen (secondary N) is 2. The highest BCUT2D eigenvalue weighted by atomic mass is 35.5. The van der Waals surface area contributed by atoms with Crippen molar-refractivity contribution in [2.24, 2.45) is 5.92 Å². The number of hydrogen-bond donors (Lipinski definition) is 2. The van der Waals surface area contributed by atoms with E-state index in [0.29, 0.717) is 35.2 Å². The van der Waals surface area contributed by atoms with Gasteiger partial charge in [0.25, 0.3) is 0 Å². The molecule has 0 spiro atoms. The maximum absolute atomic E-state index is 13.9. The molecule has 0 saturated carbocycles. The molecule has 0 unspecified atom stereocenters. The minimum Gasteiger partial charge on any atom is -0.350 e. The van der Waals surface area contributed by atoms with Crippen molar-refractivity contribution in [3.05, 3.63) is 75.7 Å². The zero-order valence-corrected chi connectivity index (χ0v) is 20.1. The predicted molar refractivity (Wildman–Crippen MR) is 132 cm³/mol. The molecule has 0 amide bonds. The van der Waals surface area contributed by atoms with Gasteiger partial charge in [-0.2, -0.15) is 4.98 Å². The SMILES string of the molecule is Fc1cc(Cl)c(-c2cc3cnc(NCc4ccc(F)c(F)c4)nc3n2C[C@@H]2CCCNC2)c(Cl)c1. The van der Waals surface area contributed by atoms with Crippen molar-refractivity contribution in [1.29, 1.82) is 0 Å². The van der Waals surface area contributed by atoms with Crippen LogP contribution in [0.2, 0.25) is 10.0 Å². The lowest BCUT2D eigenvalue weighted by molar-refractivity contribution is 0.341. The van der Waals surface area contributed by atoms with Crippen LogP contribution in [0.3, 0.4) is 0 Å². The number of anilines is 1. The van der Waals surface area contributed by atoms with E-state index in [0.717, 1.165) is 49.1 Å². The van der Waals surface area contributed by atoms with E-state index in [1.54, 1.807) is 6.20 Å². The third kappa shape index (κ3) is 5.10. The molecule has 3 heterocycles. The zero-order chi connectivity index (χ0) is 24.5. The number of hydrogen-bond acceptors (Lipinski definition) is 4. The number of halogens is 5. The summed E-state index contributed by atoms with van der Waals surface area (Å²) >= 11 is 12.9. The fourth-order valence-electron chi connectivity index (χ4n) is 4.47. The van der Waals surface area contributed by atoms with Crippen LogP contribution in [0.5, 0.6) is 0 Å². The Morgan fingerprint density at radius 2 is 1.86 bits per heavy atom. The van der Waals surface area contributed by atoms with Crippen LogP contribution in [0.15, 0.2) is 42.6 Å². The Morgan fingerprint density at radius 1 is 1.06 bits per heavy atom. The van der Waals surface area contributed by atoms with Crippen molar-refractivity contribution < 1.29 is 13.2 Å². The average Bonchev–Trinajstić information content (AvgIpc) is 3.17. The highest BCUT2D eigenvalue weighted by Crippen LogP contribution is 2.39. The first-order valence-electron chi connectivity index (χ1n) is 11.3. The number of benzene rings is 2. The predicted octanol–water partition coefficient (Wildman–Crippen LogP) is 6.43. The van der Waals surface area contributed by atoms with Crippen molar-refractivity contribution >= 4 is 40.2 Å². The molecule has 5 nitrogen and oxygen atoms in total. The smallest absolute Gasteiger partial charge is 0.224 e. The molecule has 0 radical (unpaired) electrons. The summed E-state index contributed by atoms with van der Waals surface area (Å²) < 4.78 is 42.7. The molecule has 5 rings (SSSR count). The molecule has 1 aliphatic rings. The molecule has 2 N–H and O–H groups in total. The van der Waals surface area contributed by atoms with Crippen molar-refractivity contribution in [2.75, 3.05) is 18.4 Å². The van der Waals surface area contributed by atoms with Gasteiger partial charge in [-0.05, 0) is 67.7 Å². The van der Waals surface area contributed by atoms with Crippen molar-refractivity contribution in [2.45, 2.75) is 25.9 Å². The summed E-state index contributed by atoms with van der Waals surface area (Å²) in [5.41, 5.74) is 2.49. The summed E-state index contributed by atoms with van der Waals surface area (Å²) in [6.45, 7) is 2.75. The molecule has 2 aromatic heterocycles. The van der Waals surface area contributed by atoms with Gasteiger partial charge < -0.3 is 15.2 Å². The van der Waals surface area contributed by atoms with Gasteiger partial charge in [0.2, 0.25) is 5.95 Å². The number of nitrogens with zero attached hydrogens (tertiary/aromatic N) is 3. The second-order valence-corrected chi connectivity index (χ2v) is 9.49. The van der Waals surface area contributed by atoms with Crippen LogP contribution in [0.4, 0.5) is 19.1 Å². The fraction of sp³-hybridized carbons (Fsp3) is 0.280. The number of rotatable bonds is 6. The largest absolute Gasteiger partial charge is 0.350 e. The summed E-state index contributed by atoms with van der Waals surface area (Å²) in [5.74, 6) is -1.61. The minimum atomic E-state index is -0.909. The van der Waals surface area contributed by atoms with Crippen LogP contribution in [0, 0.1) is 23.4 Å². The first kappa shape index (κ1) is 23.9. The average molecular weight is 520 g/mol. The van der Waals surface area contributed by atoms with Crippen LogP contribution < -0.4 is 10.6 Å². The van der Waals surface area contributed by atoms with Crippen LogP contribution >= 0.6 is 23.2 Å². The summed E-state index contributed by atoms with van der Waals surface area (Å²) in [6, 6.07) is 8.11. The summed E-state index contributed by atoms with van der Waals surface area (Å²) in [6.07, 6.45) is 3.82. The third-order valence-electron chi connectivity index (χ3n) is 6.17. The number of aromatic nitrogens is 3. The molecule has 182 valence electrons. The molecule has 10 heteroatoms. The fourth-order valence-corrected chi connectivity index (χ4v) is 5.13. The van der Waals surface area contributed by atoms with Crippen LogP contribution in [-0.4, -0.2) is 27.6 Å². The Balaban J connectivity index is 1.54. The Hall–Kier alpha value is -2.81. The normalized spacial score (nSPS) is 16.1. The van der Waals surface area contributed by atoms with Crippen LogP contribution in [-0.2, 0) is 13.1 Å². The molecule has 1 aliphatic heterocycles. The third-order valence-corrected chi connectivity index (χ3v) is 6.77. The quantitative estimate of drug-likeness (QED) is 0.308. The highest BCUT2D eigenvalue weighted by molar-refractivity contribution is 6.39. The van der Waals surface area contributed by atoms with Gasteiger partial charge in [0.1, 0.15) is 11.5 Å². The van der Waals surface area contributed by atoms with E-state index < -0.39 is 17.5 Å². The molecule has 1 saturated heterocycles. The summed E-state index contributed by atoms with van der Waals surface area (Å²) in [4.78, 5) is 9.09. The van der Waals surface area contributed by atoms with E-state index >= 15 is 0 Å². The van der Waals surface area contributed by atoms with E-state index in [9.17, 15) is 13.2 Å². The van der Waals surface area contributed by atoms with Crippen molar-refractivity contribution in [1.82, 2.24) is 19.9 Å². The van der Waals surface area contributed by atoms with Gasteiger partial charge in [0, 0.05) is 30.2 Å². The van der Waals surface area contributed by atoms with Gasteiger partial charge in [-0.25, -0.2) is 18.2 Å². The number of fused-ring (bicyclic) bond motifs is 1. The zero-order valence-electron chi connectivity index (χ0n) is 18.6. The van der Waals surface area contributed by atoms with E-state index in [4.69, 9.17) is 28.2 Å². The van der Waals surface area contributed by atoms with Crippen molar-refractivity contribution in [3.63, 3.8) is 0 Å². The summed E-state index contributed by atoms with van der Waals surface area (Å²) in [5, 5.41) is 7.70. The summed E-state index contributed by atoms with van der Waals surface area (Å²) in [7, 11) is 0. The monoisotopic (exact) mass is 519 g/mol. The molecule has 35 heavy (non-hydrogen) atoms. The highest BCUT2D eigenvalue weighted by Gasteiger charge is 2.22. The molecule has 1 atom stereocenters. The lowest BCUT2D eigenvalue weighted by atomic mass is 9.99. The van der Waals surface area contributed by atoms with E-state index in [1.807, 2.05) is 10.6 Å². The first-order valence-corrected chi connectivity index (χ1v) is 12.0. The standard InChI is InChI=1S/C25H22Cl2F3N5/c26-18-8-17(28)9-19(27)23(18)22-7-16-12-33-25(32-11-14-3-4-20(29)21(30)6-14)34-24(16)35(22)13-15-2-1-5-31-10-15/h3-4,6-9,12,15,31H,1-2,5,10-11,13H2,(H,32,33,34)/t15-/m1/s1. The van der Waals surface area contributed by atoms with Crippen LogP contribution in [0.1, 0.15) is 18.4 Å². The van der Waals surface area contributed by atoms with Gasteiger partial charge in [-0.15, -0.1) is 0 Å². The Labute approximate surface area is 210 Å². The van der Waals surface area contributed by atoms with E-state index in [2.05, 4.69) is 15.6 Å². The number of piperidine rings is 1. The van der Waals surface area contributed by atoms with Gasteiger partial charge in [0.15, 0.2) is 11.6 Å². The Kier molecular flexibility index (Phi) is 6.86. The topological polar surface area (TPSA) is 54.8 Å². The molecule has 0 bridgehead atoms. The van der Waals surface area contributed by atoms with Crippen molar-refractivity contribution in [3.8, 4) is 11.3 Å². The van der Waals surface area contributed by atoms with Gasteiger partial charge in [0.05, 0.1) is 15.7 Å². The second kappa shape index (κ2) is 10.0. The first-order chi connectivity index (χ1) is 16.9. The molecule has 4 aromatic rings. The molecule has 2 aromatic carbocycles. The van der Waals surface area contributed by atoms with E-state index in [-0.39, 0.29) is 16.6 Å². The molecular weight excluding hydrogens is 498 g/mol. The second-order valence-electron chi connectivity index (χ2n) is 8.67. The van der Waals surface area contributed by atoms with Crippen LogP contribution in [0.25, 0.3) is 22.3 Å². The maximum atomic E-state index is 13.9. The molecule has 1 fully saturated rings. The van der Waals surface area contributed by atoms with E-state index in [1.165, 1.54) is 18.2 Å². The Bertz CT molecular complexity index is 1360. The Morgan fingerprint density at radius 3 is 2.57 bits per heavy atom. The lowest BCUT2D eigenvalue weighted by Gasteiger charge is -2.24. The van der Waals surface area contributed by atoms with Gasteiger partial charge in [-0.1, -0.05) is 29.3 Å².